The van der Waals surface area contributed by atoms with E-state index in [1.807, 2.05) is 97.6 Å². The van der Waals surface area contributed by atoms with E-state index in [9.17, 15) is 37.5 Å². The Balaban J connectivity index is 0.666. The number of benzene rings is 6. The largest absolute Gasteiger partial charge is 0.494 e. The molecule has 0 bridgehead atoms. The maximum absolute atomic E-state index is 13.8. The summed E-state index contributed by atoms with van der Waals surface area (Å²) in [5, 5.41) is 21.3. The third-order valence-corrected chi connectivity index (χ3v) is 18.7. The Kier molecular flexibility index (Phi) is 21.0. The van der Waals surface area contributed by atoms with Gasteiger partial charge < -0.3 is 29.4 Å². The number of ketones is 1. The molecule has 2 aromatic heterocycles. The molecule has 1 fully saturated rings. The lowest BCUT2D eigenvalue weighted by atomic mass is 9.86. The molecule has 1 saturated heterocycles. The van der Waals surface area contributed by atoms with E-state index in [0.29, 0.717) is 108 Å². The smallest absolute Gasteiger partial charge is 0.304 e. The van der Waals surface area contributed by atoms with Crippen LogP contribution in [0.15, 0.2) is 137 Å². The molecule has 3 heterocycles. The number of aromatic nitrogens is 5. The van der Waals surface area contributed by atoms with Gasteiger partial charge in [0.15, 0.2) is 0 Å². The van der Waals surface area contributed by atoms with Crippen LogP contribution in [0, 0.1) is 13.8 Å². The first-order valence-electron chi connectivity index (χ1n) is 30.6. The second-order valence-electron chi connectivity index (χ2n) is 24.5. The fourth-order valence-corrected chi connectivity index (χ4v) is 12.6. The van der Waals surface area contributed by atoms with E-state index >= 15 is 0 Å². The molecule has 0 aliphatic carbocycles. The van der Waals surface area contributed by atoms with Gasteiger partial charge in [0.2, 0.25) is 10.0 Å². The highest BCUT2D eigenvalue weighted by Crippen LogP contribution is 2.36. The summed E-state index contributed by atoms with van der Waals surface area (Å²) in [7, 11) is 2.61. The van der Waals surface area contributed by atoms with Gasteiger partial charge in [0.25, 0.3) is 17.4 Å². The molecule has 1 atom stereocenters. The number of amides is 2. The second kappa shape index (κ2) is 28.8. The number of rotatable bonds is 26. The van der Waals surface area contributed by atoms with E-state index in [2.05, 4.69) is 41.3 Å². The van der Waals surface area contributed by atoms with Gasteiger partial charge in [0, 0.05) is 101 Å². The van der Waals surface area contributed by atoms with Crippen molar-refractivity contribution in [2.24, 2.45) is 14.1 Å². The number of nitrogens with one attached hydrogen (secondary N) is 1. The van der Waals surface area contributed by atoms with Gasteiger partial charge in [0.1, 0.15) is 34.0 Å². The Morgan fingerprint density at radius 2 is 1.49 bits per heavy atom. The van der Waals surface area contributed by atoms with Crippen LogP contribution in [0.2, 0.25) is 0 Å². The standard InChI is InChI=1S/C70H81N9O10S/c1-46-19-22-51(59(42-65(81)82)52-40-61-66(64(41-52)88-9)77(8)74-73-61)39-53(46)43-76(7)90(86,87)57-31-29-56(30-32-57)89-37-14-12-10-11-13-16-55(80)44-78-33-35-79(36-34-78)68(84)50-23-20-48(21-24-50)38-62-69(85)75(6)45-63(71-62)58-17-15-18-60(47(58)2)72-67(83)49-25-27-54(28-26-49)70(3,4)5/h15,17-32,39-41,45,59H,10-14,16,33-38,42-44H2,1-9H3,(H,72,83)(H,81,82). The topological polar surface area (TPSA) is 228 Å². The van der Waals surface area contributed by atoms with Crippen LogP contribution in [0.25, 0.3) is 22.3 Å². The zero-order valence-electron chi connectivity index (χ0n) is 52.9. The highest BCUT2D eigenvalue weighted by atomic mass is 32.2. The number of aliphatic carboxylic acids is 1. The molecule has 6 aromatic carbocycles. The van der Waals surface area contributed by atoms with Crippen molar-refractivity contribution >= 4 is 50.3 Å². The number of carbonyl (C=O) groups is 4. The summed E-state index contributed by atoms with van der Waals surface area (Å²) in [4.78, 5) is 74.3. The van der Waals surface area contributed by atoms with Crippen LogP contribution < -0.4 is 20.3 Å². The molecule has 2 amide bonds. The SMILES string of the molecule is COc1cc(C(CC(=O)O)c2ccc(C)c(CN(C)S(=O)(=O)c3ccc(OCCCCCCCC(=O)CN4CCN(C(=O)c5ccc(Cc6nc(-c7cccc(NC(=O)c8ccc(C(C)(C)C)cc8)c7C)cn(C)c6=O)cc5)CC4)cc3)c2)cc2nnn(C)c12. The number of carbonyl (C=O) groups excluding carboxylic acids is 3. The van der Waals surface area contributed by atoms with Gasteiger partial charge in [-0.05, 0) is 138 Å². The number of piperazine rings is 1. The number of Topliss-reactive ketones (excluding diaryl/α,β-unsaturated/α-hetero) is 1. The molecule has 0 radical (unpaired) electrons. The quantitative estimate of drug-likeness (QED) is 0.0481. The summed E-state index contributed by atoms with van der Waals surface area (Å²) in [5.74, 6) is -0.586. The number of sulfonamides is 1. The molecule has 19 nitrogen and oxygen atoms in total. The maximum atomic E-state index is 13.8. The summed E-state index contributed by atoms with van der Waals surface area (Å²) in [6, 6.07) is 36.2. The molecule has 1 aliphatic rings. The van der Waals surface area contributed by atoms with Gasteiger partial charge in [0.05, 0.1) is 37.3 Å². The number of anilines is 1. The normalized spacial score (nSPS) is 13.4. The van der Waals surface area contributed by atoms with Crippen molar-refractivity contribution in [3.05, 3.63) is 194 Å². The van der Waals surface area contributed by atoms with Crippen LogP contribution in [-0.2, 0) is 52.1 Å². The zero-order valence-corrected chi connectivity index (χ0v) is 53.7. The molecule has 2 N–H and O–H groups in total. The third-order valence-electron chi connectivity index (χ3n) is 16.9. The minimum absolute atomic E-state index is 0.0277. The predicted molar refractivity (Wildman–Crippen MR) is 348 cm³/mol. The first-order valence-corrected chi connectivity index (χ1v) is 32.0. The van der Waals surface area contributed by atoms with E-state index in [4.69, 9.17) is 14.5 Å². The van der Waals surface area contributed by atoms with Crippen molar-refractivity contribution in [2.75, 3.05) is 58.8 Å². The number of carboxylic acid groups (broad SMARTS) is 1. The zero-order chi connectivity index (χ0) is 64.4. The fraction of sp³-hybridized carbons (Fsp3) is 0.371. The minimum atomic E-state index is -3.90. The number of nitrogens with zero attached hydrogens (tertiary/aromatic N) is 8. The number of aryl methyl sites for hydroxylation is 3. The maximum Gasteiger partial charge on any atom is 0.304 e. The van der Waals surface area contributed by atoms with Gasteiger partial charge in [-0.15, -0.1) is 5.10 Å². The van der Waals surface area contributed by atoms with Crippen molar-refractivity contribution < 1.29 is 42.2 Å². The number of hydrogen-bond acceptors (Lipinski definition) is 13. The molecule has 20 heteroatoms. The molecular formula is C70H81N9O10S. The summed E-state index contributed by atoms with van der Waals surface area (Å²) < 4.78 is 43.7. The summed E-state index contributed by atoms with van der Waals surface area (Å²) in [5.41, 5.74) is 10.3. The molecule has 90 heavy (non-hydrogen) atoms. The number of ether oxygens (including phenoxy) is 2. The van der Waals surface area contributed by atoms with Crippen LogP contribution >= 0.6 is 0 Å². The monoisotopic (exact) mass is 1240 g/mol. The highest BCUT2D eigenvalue weighted by molar-refractivity contribution is 7.89. The third kappa shape index (κ3) is 15.9. The Labute approximate surface area is 526 Å². The Hall–Kier alpha value is -8.85. The average molecular weight is 1240 g/mol. The summed E-state index contributed by atoms with van der Waals surface area (Å²) in [6.07, 6.45) is 6.65. The van der Waals surface area contributed by atoms with Crippen molar-refractivity contribution in [3.8, 4) is 22.8 Å². The van der Waals surface area contributed by atoms with E-state index in [1.54, 1.807) is 55.3 Å². The lowest BCUT2D eigenvalue weighted by Gasteiger charge is -2.34. The van der Waals surface area contributed by atoms with E-state index < -0.39 is 21.9 Å². The first kappa shape index (κ1) is 65.6. The van der Waals surface area contributed by atoms with Crippen LogP contribution in [0.5, 0.6) is 11.5 Å². The molecule has 0 spiro atoms. The first-order chi connectivity index (χ1) is 43.0. The number of methoxy groups -OCH3 is 1. The van der Waals surface area contributed by atoms with Crippen LogP contribution in [0.1, 0.15) is 137 Å². The average Bonchev–Trinajstić information content (AvgIpc) is 1.64. The minimum Gasteiger partial charge on any atom is -0.494 e. The molecule has 472 valence electrons. The van der Waals surface area contributed by atoms with Crippen molar-refractivity contribution in [2.45, 2.75) is 109 Å². The van der Waals surface area contributed by atoms with E-state index in [0.717, 1.165) is 65.5 Å². The summed E-state index contributed by atoms with van der Waals surface area (Å²) in [6.45, 7) is 13.3. The Morgan fingerprint density at radius 1 is 0.800 bits per heavy atom. The molecule has 0 saturated carbocycles. The highest BCUT2D eigenvalue weighted by Gasteiger charge is 2.27. The van der Waals surface area contributed by atoms with Crippen molar-refractivity contribution in [1.29, 1.82) is 0 Å². The number of fused-ring (bicyclic) bond motifs is 1. The predicted octanol–water partition coefficient (Wildman–Crippen LogP) is 10.7. The van der Waals surface area contributed by atoms with Gasteiger partial charge in [-0.1, -0.05) is 99.8 Å². The van der Waals surface area contributed by atoms with Gasteiger partial charge >= 0.3 is 5.97 Å². The Morgan fingerprint density at radius 3 is 2.18 bits per heavy atom. The van der Waals surface area contributed by atoms with E-state index in [-0.39, 0.29) is 52.9 Å². The van der Waals surface area contributed by atoms with E-state index in [1.165, 1.54) is 35.2 Å². The van der Waals surface area contributed by atoms with Crippen LogP contribution in [0.3, 0.4) is 0 Å². The number of hydrogen-bond donors (Lipinski definition) is 2. The molecule has 1 aliphatic heterocycles. The van der Waals surface area contributed by atoms with Crippen molar-refractivity contribution in [1.82, 2.24) is 38.6 Å². The number of carboxylic acids is 1. The van der Waals surface area contributed by atoms with Gasteiger partial charge in [-0.25, -0.2) is 18.1 Å². The van der Waals surface area contributed by atoms with Crippen LogP contribution in [-0.4, -0.2) is 129 Å². The molecule has 1 unspecified atom stereocenters. The lowest BCUT2D eigenvalue weighted by Crippen LogP contribution is -2.49. The number of unbranched alkanes of at least 4 members (excludes halogenated alkanes) is 4. The summed E-state index contributed by atoms with van der Waals surface area (Å²) >= 11 is 0. The van der Waals surface area contributed by atoms with Gasteiger partial charge in [-0.2, -0.15) is 4.31 Å². The molecule has 8 aromatic rings. The molecular weight excluding hydrogens is 1160 g/mol. The van der Waals surface area contributed by atoms with Gasteiger partial charge in [-0.3, -0.25) is 28.9 Å². The lowest BCUT2D eigenvalue weighted by molar-refractivity contribution is -0.137. The fourth-order valence-electron chi connectivity index (χ4n) is 11.4. The molecule has 9 rings (SSSR count). The van der Waals surface area contributed by atoms with Crippen LogP contribution in [0.4, 0.5) is 5.69 Å². The second-order valence-corrected chi connectivity index (χ2v) is 26.5. The Bertz CT molecular complexity index is 4070. The van der Waals surface area contributed by atoms with Crippen molar-refractivity contribution in [3.63, 3.8) is 0 Å².